The normalized spacial score (nSPS) is 29.3. The van der Waals surface area contributed by atoms with E-state index in [1.54, 1.807) is 11.3 Å². The monoisotopic (exact) mass is 635 g/mol. The quantitative estimate of drug-likeness (QED) is 0.172. The number of nitrogens with zero attached hydrogens (tertiary/aromatic N) is 1. The molecule has 0 aromatic carbocycles. The van der Waals surface area contributed by atoms with Crippen molar-refractivity contribution in [1.82, 2.24) is 4.98 Å². The standard InChI is InChI=1S/C35H61NO5SSi/c1-7-43(8-2,9-3)41-30-16-13-21-35(6)28(18-19-29(30)35)25(4)14-12-15-27(24-32(37)38)34-36-26(5)31(42-34)20-23-40-33-17-10-11-22-39-33/h25,27-30,33H,7-24H2,1-6H3,(H,37,38)/t25?,27-,28?,29+,30+,33?,35-/m0/s1. The van der Waals surface area contributed by atoms with E-state index in [4.69, 9.17) is 18.9 Å². The Bertz CT molecular complexity index is 1000. The number of ether oxygens (including phenoxy) is 2. The van der Waals surface area contributed by atoms with Crippen LogP contribution in [0.15, 0.2) is 0 Å². The largest absolute Gasteiger partial charge is 0.481 e. The number of fused-ring (bicyclic) bond motifs is 1. The highest BCUT2D eigenvalue weighted by atomic mass is 32.1. The van der Waals surface area contributed by atoms with Gasteiger partial charge in [-0.05, 0) is 99.6 Å². The third-order valence-electron chi connectivity index (χ3n) is 11.8. The van der Waals surface area contributed by atoms with Gasteiger partial charge in [-0.15, -0.1) is 11.3 Å². The fourth-order valence-electron chi connectivity index (χ4n) is 8.95. The Morgan fingerprint density at radius 2 is 1.88 bits per heavy atom. The van der Waals surface area contributed by atoms with E-state index in [0.717, 1.165) is 61.8 Å². The number of thiazole rings is 1. The number of rotatable bonds is 17. The summed E-state index contributed by atoms with van der Waals surface area (Å²) >= 11 is 1.70. The average Bonchev–Trinajstić information content (AvgIpc) is 3.55. The van der Waals surface area contributed by atoms with Gasteiger partial charge in [0.05, 0.1) is 23.7 Å². The minimum Gasteiger partial charge on any atom is -0.481 e. The molecule has 1 aromatic heterocycles. The molecule has 0 bridgehead atoms. The Morgan fingerprint density at radius 1 is 1.12 bits per heavy atom. The molecule has 3 fully saturated rings. The van der Waals surface area contributed by atoms with Crippen LogP contribution < -0.4 is 0 Å². The summed E-state index contributed by atoms with van der Waals surface area (Å²) < 4.78 is 18.8. The number of aryl methyl sites for hydroxylation is 1. The lowest BCUT2D eigenvalue weighted by Gasteiger charge is -2.49. The zero-order chi connectivity index (χ0) is 31.0. The van der Waals surface area contributed by atoms with Gasteiger partial charge in [0.15, 0.2) is 14.6 Å². The lowest BCUT2D eigenvalue weighted by atomic mass is 9.61. The van der Waals surface area contributed by atoms with Gasteiger partial charge in [0, 0.05) is 29.9 Å². The Labute approximate surface area is 267 Å². The topological polar surface area (TPSA) is 77.9 Å². The summed E-state index contributed by atoms with van der Waals surface area (Å²) in [5.41, 5.74) is 1.40. The predicted molar refractivity (Wildman–Crippen MR) is 178 cm³/mol. The Hall–Kier alpha value is -0.803. The number of carboxylic acid groups (broad SMARTS) is 1. The number of hydrogen-bond donors (Lipinski definition) is 1. The summed E-state index contributed by atoms with van der Waals surface area (Å²) in [5.74, 6) is 1.35. The maximum Gasteiger partial charge on any atom is 0.304 e. The van der Waals surface area contributed by atoms with E-state index in [9.17, 15) is 9.90 Å². The fraction of sp³-hybridized carbons (Fsp3) is 0.886. The minimum absolute atomic E-state index is 0.0145. The summed E-state index contributed by atoms with van der Waals surface area (Å²) in [4.78, 5) is 18.0. The summed E-state index contributed by atoms with van der Waals surface area (Å²) in [6, 6.07) is 3.71. The van der Waals surface area contributed by atoms with Gasteiger partial charge in [-0.3, -0.25) is 4.79 Å². The van der Waals surface area contributed by atoms with Crippen molar-refractivity contribution >= 4 is 25.6 Å². The molecule has 8 heteroatoms. The smallest absolute Gasteiger partial charge is 0.304 e. The van der Waals surface area contributed by atoms with Crippen molar-refractivity contribution in [1.29, 1.82) is 0 Å². The molecule has 43 heavy (non-hydrogen) atoms. The molecular weight excluding hydrogens is 575 g/mol. The van der Waals surface area contributed by atoms with E-state index in [-0.39, 0.29) is 18.6 Å². The second-order valence-corrected chi connectivity index (χ2v) is 20.1. The molecule has 0 amide bonds. The van der Waals surface area contributed by atoms with Gasteiger partial charge < -0.3 is 19.0 Å². The van der Waals surface area contributed by atoms with Gasteiger partial charge in [0.1, 0.15) is 0 Å². The molecule has 0 radical (unpaired) electrons. The molecule has 246 valence electrons. The highest BCUT2D eigenvalue weighted by molar-refractivity contribution is 7.11. The van der Waals surface area contributed by atoms with Crippen LogP contribution in [0.5, 0.6) is 0 Å². The summed E-state index contributed by atoms with van der Waals surface area (Å²) in [6.07, 6.45) is 14.3. The first-order valence-electron chi connectivity index (χ1n) is 17.7. The molecular formula is C35H61NO5SSi. The Balaban J connectivity index is 1.32. The summed E-state index contributed by atoms with van der Waals surface area (Å²) in [5, 5.41) is 10.7. The van der Waals surface area contributed by atoms with Crippen LogP contribution >= 0.6 is 11.3 Å². The van der Waals surface area contributed by atoms with Crippen molar-refractivity contribution in [3.05, 3.63) is 15.6 Å². The Morgan fingerprint density at radius 3 is 2.56 bits per heavy atom. The van der Waals surface area contributed by atoms with Crippen molar-refractivity contribution in [3.8, 4) is 0 Å². The molecule has 1 aliphatic heterocycles. The third kappa shape index (κ3) is 8.72. The molecule has 1 N–H and O–H groups in total. The average molecular weight is 636 g/mol. The highest BCUT2D eigenvalue weighted by Gasteiger charge is 2.53. The van der Waals surface area contributed by atoms with E-state index in [2.05, 4.69) is 41.5 Å². The van der Waals surface area contributed by atoms with E-state index in [1.165, 1.54) is 61.5 Å². The number of carbonyl (C=O) groups is 1. The second-order valence-electron chi connectivity index (χ2n) is 14.3. The van der Waals surface area contributed by atoms with Crippen LogP contribution in [0.3, 0.4) is 0 Å². The van der Waals surface area contributed by atoms with E-state index in [1.807, 2.05) is 0 Å². The van der Waals surface area contributed by atoms with Crippen molar-refractivity contribution in [2.75, 3.05) is 13.2 Å². The van der Waals surface area contributed by atoms with E-state index < -0.39 is 14.3 Å². The third-order valence-corrected chi connectivity index (χ3v) is 17.9. The zero-order valence-corrected chi connectivity index (χ0v) is 29.9. The summed E-state index contributed by atoms with van der Waals surface area (Å²) in [6.45, 7) is 15.6. The molecule has 1 aromatic rings. The van der Waals surface area contributed by atoms with Crippen LogP contribution in [0.2, 0.25) is 18.1 Å². The zero-order valence-electron chi connectivity index (χ0n) is 28.1. The lowest BCUT2D eigenvalue weighted by molar-refractivity contribution is -0.161. The van der Waals surface area contributed by atoms with Crippen molar-refractivity contribution in [2.24, 2.45) is 23.2 Å². The van der Waals surface area contributed by atoms with Crippen LogP contribution in [0.1, 0.15) is 133 Å². The molecule has 4 rings (SSSR count). The first-order chi connectivity index (χ1) is 20.6. The maximum atomic E-state index is 11.9. The molecule has 2 aliphatic carbocycles. The lowest BCUT2D eigenvalue weighted by Crippen LogP contribution is -2.48. The molecule has 7 atom stereocenters. The highest BCUT2D eigenvalue weighted by Crippen LogP contribution is 2.59. The van der Waals surface area contributed by atoms with Gasteiger partial charge in [-0.2, -0.15) is 0 Å². The van der Waals surface area contributed by atoms with Gasteiger partial charge in [0.25, 0.3) is 0 Å². The van der Waals surface area contributed by atoms with Crippen LogP contribution in [-0.2, 0) is 25.1 Å². The minimum atomic E-state index is -1.61. The first kappa shape index (κ1) is 35.1. The number of carboxylic acids is 1. The molecule has 3 unspecified atom stereocenters. The van der Waals surface area contributed by atoms with Crippen molar-refractivity contribution in [3.63, 3.8) is 0 Å². The van der Waals surface area contributed by atoms with Crippen LogP contribution in [0.25, 0.3) is 0 Å². The molecule has 1 saturated heterocycles. The predicted octanol–water partition coefficient (Wildman–Crippen LogP) is 9.51. The molecule has 6 nitrogen and oxygen atoms in total. The van der Waals surface area contributed by atoms with Gasteiger partial charge in [0.2, 0.25) is 0 Å². The first-order valence-corrected chi connectivity index (χ1v) is 21.1. The second kappa shape index (κ2) is 16.2. The van der Waals surface area contributed by atoms with Crippen LogP contribution in [-0.4, -0.2) is 50.0 Å². The number of aromatic nitrogens is 1. The van der Waals surface area contributed by atoms with Crippen LogP contribution in [0, 0.1) is 30.1 Å². The maximum absolute atomic E-state index is 11.9. The Kier molecular flexibility index (Phi) is 13.2. The number of aliphatic carboxylic acids is 1. The molecule has 0 spiro atoms. The van der Waals surface area contributed by atoms with E-state index >= 15 is 0 Å². The number of hydrogen-bond acceptors (Lipinski definition) is 6. The summed E-state index contributed by atoms with van der Waals surface area (Å²) in [7, 11) is -1.61. The van der Waals surface area contributed by atoms with Gasteiger partial charge in [-0.25, -0.2) is 4.98 Å². The SMILES string of the molecule is CC[Si](CC)(CC)O[C@@H]1CCC[C@@]2(C)C(C(C)CCC[C@@H](CC(=O)O)c3nc(C)c(CCOC4CCCCO4)s3)CC[C@H]12. The van der Waals surface area contributed by atoms with E-state index in [0.29, 0.717) is 30.0 Å². The van der Waals surface area contributed by atoms with Crippen molar-refractivity contribution < 1.29 is 23.8 Å². The molecule has 2 heterocycles. The fourth-order valence-corrected chi connectivity index (χ4v) is 13.1. The van der Waals surface area contributed by atoms with Crippen LogP contribution in [0.4, 0.5) is 0 Å². The molecule has 3 aliphatic rings. The molecule has 2 saturated carbocycles. The van der Waals surface area contributed by atoms with Gasteiger partial charge in [-0.1, -0.05) is 53.9 Å². The van der Waals surface area contributed by atoms with Crippen molar-refractivity contribution in [2.45, 2.75) is 161 Å². The van der Waals surface area contributed by atoms with Gasteiger partial charge >= 0.3 is 5.97 Å².